The Kier molecular flexibility index (Phi) is 9.16. The molecule has 3 aromatic carbocycles. The molecule has 39 heavy (non-hydrogen) atoms. The van der Waals surface area contributed by atoms with Crippen LogP contribution in [0.25, 0.3) is 6.08 Å². The second-order valence-electron chi connectivity index (χ2n) is 8.45. The number of sulfonamides is 1. The first-order valence-corrected chi connectivity index (χ1v) is 14.7. The van der Waals surface area contributed by atoms with Crippen LogP contribution in [0.3, 0.4) is 0 Å². The summed E-state index contributed by atoms with van der Waals surface area (Å²) in [4.78, 5) is 14.8. The van der Waals surface area contributed by atoms with Gasteiger partial charge in [-0.15, -0.1) is 11.0 Å². The van der Waals surface area contributed by atoms with E-state index in [0.717, 1.165) is 29.3 Å². The van der Waals surface area contributed by atoms with E-state index in [2.05, 4.69) is 11.0 Å². The van der Waals surface area contributed by atoms with Gasteiger partial charge in [0.25, 0.3) is 15.9 Å². The van der Waals surface area contributed by atoms with Crippen molar-refractivity contribution in [3.05, 3.63) is 106 Å². The number of hydrogen-bond donors (Lipinski definition) is 0. The molecule has 0 saturated carbocycles. The van der Waals surface area contributed by atoms with Gasteiger partial charge in [-0.25, -0.2) is 0 Å². The molecule has 0 spiro atoms. The molecule has 7 nitrogen and oxygen atoms in total. The van der Waals surface area contributed by atoms with Crippen molar-refractivity contribution in [2.75, 3.05) is 13.7 Å². The van der Waals surface area contributed by atoms with E-state index in [-0.39, 0.29) is 29.1 Å². The Bertz CT molecular complexity index is 1550. The lowest BCUT2D eigenvalue weighted by atomic mass is 10.1. The van der Waals surface area contributed by atoms with E-state index >= 15 is 0 Å². The maximum absolute atomic E-state index is 13.2. The molecule has 0 atom stereocenters. The Morgan fingerprint density at radius 3 is 2.49 bits per heavy atom. The molecule has 1 heterocycles. The summed E-state index contributed by atoms with van der Waals surface area (Å²) in [5.74, 6) is 0.621. The molecule has 0 unspecified atom stereocenters. The van der Waals surface area contributed by atoms with Gasteiger partial charge in [0.1, 0.15) is 6.61 Å². The molecule has 0 N–H and O–H groups in total. The average molecular weight is 583 g/mol. The summed E-state index contributed by atoms with van der Waals surface area (Å²) < 4.78 is 41.4. The van der Waals surface area contributed by atoms with Crippen LogP contribution in [0, 0.1) is 0 Å². The fraction of sp³-hybridized carbons (Fsp3) is 0.172. The molecule has 4 rings (SSSR count). The fourth-order valence-corrected chi connectivity index (χ4v) is 6.11. The van der Waals surface area contributed by atoms with Gasteiger partial charge < -0.3 is 9.47 Å². The minimum absolute atomic E-state index is 0.0633. The lowest BCUT2D eigenvalue weighted by Gasteiger charge is -2.13. The van der Waals surface area contributed by atoms with Crippen molar-refractivity contribution >= 4 is 50.5 Å². The fourth-order valence-electron chi connectivity index (χ4n) is 3.73. The van der Waals surface area contributed by atoms with Crippen molar-refractivity contribution < 1.29 is 22.7 Å². The molecule has 1 saturated heterocycles. The van der Waals surface area contributed by atoms with Gasteiger partial charge in [0.15, 0.2) is 16.7 Å². The van der Waals surface area contributed by atoms with Crippen LogP contribution in [0.5, 0.6) is 11.5 Å². The lowest BCUT2D eigenvalue weighted by molar-refractivity contribution is -0.121. The lowest BCUT2D eigenvalue weighted by Crippen LogP contribution is -2.29. The number of carbonyl (C=O) groups excluding carboxylic acids is 1. The summed E-state index contributed by atoms with van der Waals surface area (Å²) in [6.07, 6.45) is 3.97. The summed E-state index contributed by atoms with van der Waals surface area (Å²) in [7, 11) is -2.50. The van der Waals surface area contributed by atoms with Crippen LogP contribution in [0.4, 0.5) is 0 Å². The van der Waals surface area contributed by atoms with Gasteiger partial charge in [0, 0.05) is 17.1 Å². The predicted octanol–water partition coefficient (Wildman–Crippen LogP) is 6.34. The van der Waals surface area contributed by atoms with Crippen LogP contribution in [-0.4, -0.2) is 38.0 Å². The van der Waals surface area contributed by atoms with Crippen molar-refractivity contribution in [3.8, 4) is 11.5 Å². The van der Waals surface area contributed by atoms with Gasteiger partial charge in [0.2, 0.25) is 0 Å². The Labute approximate surface area is 237 Å². The van der Waals surface area contributed by atoms with E-state index in [0.29, 0.717) is 27.0 Å². The van der Waals surface area contributed by atoms with Gasteiger partial charge >= 0.3 is 0 Å². The summed E-state index contributed by atoms with van der Waals surface area (Å²) >= 11 is 7.21. The standard InChI is InChI=1S/C29H27ClN2O5S2/c1-4-16-32-28(33)27(38-29(32)31-39(34,35)23-13-10-20(5-2)11-14-23)18-21-12-15-25(26(17-21)36-3)37-19-22-8-6-7-9-24(22)30/h4,6-15,17-18H,1,5,16,19H2,2-3H3/b27-18+,31-29-. The average Bonchev–Trinajstić information content (AvgIpc) is 3.21. The molecule has 0 radical (unpaired) electrons. The Morgan fingerprint density at radius 2 is 1.82 bits per heavy atom. The third-order valence-corrected chi connectivity index (χ3v) is 8.63. The number of benzene rings is 3. The molecule has 10 heteroatoms. The first kappa shape index (κ1) is 28.5. The van der Waals surface area contributed by atoms with E-state index < -0.39 is 10.0 Å². The van der Waals surface area contributed by atoms with Crippen molar-refractivity contribution in [3.63, 3.8) is 0 Å². The number of methoxy groups -OCH3 is 1. The van der Waals surface area contributed by atoms with Crippen molar-refractivity contribution in [1.29, 1.82) is 0 Å². The number of aryl methyl sites for hydroxylation is 1. The summed E-state index contributed by atoms with van der Waals surface area (Å²) in [5, 5.41) is 0.675. The minimum atomic E-state index is -4.02. The molecule has 0 aliphatic carbocycles. The molecule has 202 valence electrons. The third-order valence-electron chi connectivity index (χ3n) is 5.85. The van der Waals surface area contributed by atoms with Gasteiger partial charge in [-0.1, -0.05) is 61.0 Å². The van der Waals surface area contributed by atoms with Crippen LogP contribution < -0.4 is 9.47 Å². The highest BCUT2D eigenvalue weighted by atomic mass is 35.5. The summed E-state index contributed by atoms with van der Waals surface area (Å²) in [6.45, 7) is 6.05. The predicted molar refractivity (Wildman–Crippen MR) is 157 cm³/mol. The first-order valence-electron chi connectivity index (χ1n) is 12.1. The number of nitrogens with zero attached hydrogens (tertiary/aromatic N) is 2. The van der Waals surface area contributed by atoms with Crippen LogP contribution in [0.2, 0.25) is 5.02 Å². The van der Waals surface area contributed by atoms with Crippen LogP contribution in [0.15, 0.2) is 93.6 Å². The van der Waals surface area contributed by atoms with E-state index in [1.54, 1.807) is 42.5 Å². The summed E-state index contributed by atoms with van der Waals surface area (Å²) in [5.41, 5.74) is 2.53. The molecule has 1 fully saturated rings. The van der Waals surface area contributed by atoms with Crippen LogP contribution in [-0.2, 0) is 27.8 Å². The Morgan fingerprint density at radius 1 is 1.08 bits per heavy atom. The van der Waals surface area contributed by atoms with Gasteiger partial charge in [-0.2, -0.15) is 8.42 Å². The van der Waals surface area contributed by atoms with Crippen molar-refractivity contribution in [2.24, 2.45) is 4.40 Å². The molecule has 3 aromatic rings. The number of amides is 1. The monoisotopic (exact) mass is 582 g/mol. The Hall–Kier alpha value is -3.53. The number of rotatable bonds is 10. The van der Waals surface area contributed by atoms with E-state index in [1.165, 1.54) is 30.2 Å². The van der Waals surface area contributed by atoms with E-state index in [1.807, 2.05) is 25.1 Å². The van der Waals surface area contributed by atoms with Gasteiger partial charge in [-0.05, 0) is 65.7 Å². The maximum Gasteiger partial charge on any atom is 0.284 e. The second kappa shape index (κ2) is 12.5. The molecular weight excluding hydrogens is 556 g/mol. The highest BCUT2D eigenvalue weighted by molar-refractivity contribution is 8.19. The van der Waals surface area contributed by atoms with Crippen molar-refractivity contribution in [2.45, 2.75) is 24.8 Å². The zero-order valence-corrected chi connectivity index (χ0v) is 23.9. The molecule has 0 aromatic heterocycles. The van der Waals surface area contributed by atoms with E-state index in [4.69, 9.17) is 21.1 Å². The molecule has 1 aliphatic rings. The zero-order valence-electron chi connectivity index (χ0n) is 21.5. The SMILES string of the molecule is C=CCN1C(=O)/C(=C\c2ccc(OCc3ccccc3Cl)c(OC)c2)S/C1=N\S(=O)(=O)c1ccc(CC)cc1. The number of hydrogen-bond acceptors (Lipinski definition) is 6. The first-order chi connectivity index (χ1) is 18.7. The highest BCUT2D eigenvalue weighted by Crippen LogP contribution is 2.36. The molecular formula is C29H27ClN2O5S2. The van der Waals surface area contributed by atoms with Gasteiger partial charge in [0.05, 0.1) is 16.9 Å². The quantitative estimate of drug-likeness (QED) is 0.205. The second-order valence-corrected chi connectivity index (χ2v) is 11.5. The topological polar surface area (TPSA) is 85.3 Å². The number of carbonyl (C=O) groups is 1. The summed E-state index contributed by atoms with van der Waals surface area (Å²) in [6, 6.07) is 19.2. The molecule has 0 bridgehead atoms. The normalized spacial score (nSPS) is 15.7. The number of ether oxygens (including phenoxy) is 2. The van der Waals surface area contributed by atoms with Crippen LogP contribution in [0.1, 0.15) is 23.6 Å². The van der Waals surface area contributed by atoms with Crippen LogP contribution >= 0.6 is 23.4 Å². The molecule has 1 aliphatic heterocycles. The number of thioether (sulfide) groups is 1. The third kappa shape index (κ3) is 6.73. The minimum Gasteiger partial charge on any atom is -0.493 e. The number of halogens is 1. The molecule has 1 amide bonds. The maximum atomic E-state index is 13.2. The largest absolute Gasteiger partial charge is 0.493 e. The number of amidine groups is 1. The smallest absolute Gasteiger partial charge is 0.284 e. The Balaban J connectivity index is 1.59. The zero-order chi connectivity index (χ0) is 28.0. The van der Waals surface area contributed by atoms with Gasteiger partial charge in [-0.3, -0.25) is 9.69 Å². The van der Waals surface area contributed by atoms with Crippen molar-refractivity contribution in [1.82, 2.24) is 4.90 Å². The highest BCUT2D eigenvalue weighted by Gasteiger charge is 2.34. The van der Waals surface area contributed by atoms with E-state index in [9.17, 15) is 13.2 Å².